The maximum Gasteiger partial charge on any atom is 0.230 e. The number of aromatic nitrogens is 3. The van der Waals surface area contributed by atoms with Crippen molar-refractivity contribution in [3.63, 3.8) is 0 Å². The molecule has 0 aliphatic rings. The maximum atomic E-state index is 12.2. The molecule has 0 aliphatic heterocycles. The van der Waals surface area contributed by atoms with E-state index in [2.05, 4.69) is 15.4 Å². The largest absolute Gasteiger partial charge is 0.489 e. The van der Waals surface area contributed by atoms with Crippen LogP contribution in [0.3, 0.4) is 0 Å². The van der Waals surface area contributed by atoms with Gasteiger partial charge in [0, 0.05) is 31.2 Å². The fraction of sp³-hybridized carbons (Fsp3) is 0.158. The highest BCUT2D eigenvalue weighted by Crippen LogP contribution is 2.17. The molecule has 2 aromatic heterocycles. The molecule has 0 bridgehead atoms. The predicted octanol–water partition coefficient (Wildman–Crippen LogP) is 2.45. The van der Waals surface area contributed by atoms with Crippen molar-refractivity contribution in [1.82, 2.24) is 14.8 Å². The summed E-state index contributed by atoms with van der Waals surface area (Å²) in [5, 5.41) is 15.8. The van der Waals surface area contributed by atoms with E-state index in [-0.39, 0.29) is 18.1 Å². The van der Waals surface area contributed by atoms with Gasteiger partial charge in [-0.15, -0.1) is 0 Å². The number of amides is 1. The van der Waals surface area contributed by atoms with E-state index >= 15 is 0 Å². The molecule has 0 unspecified atom stereocenters. The number of nitrogens with zero attached hydrogens (tertiary/aromatic N) is 4. The molecule has 2 heterocycles. The molecule has 0 atom stereocenters. The minimum absolute atomic E-state index is 0.158. The first kappa shape index (κ1) is 17.2. The molecule has 1 N–H and O–H groups in total. The lowest BCUT2D eigenvalue weighted by Gasteiger charge is -2.08. The minimum atomic E-state index is -0.246. The average Bonchev–Trinajstić information content (AvgIpc) is 3.00. The zero-order valence-corrected chi connectivity index (χ0v) is 14.2. The Bertz CT molecular complexity index is 944. The van der Waals surface area contributed by atoms with Gasteiger partial charge < -0.3 is 10.1 Å². The highest BCUT2D eigenvalue weighted by Gasteiger charge is 2.11. The molecule has 0 fully saturated rings. The molecular formula is C19H17N5O2. The second-order valence-electron chi connectivity index (χ2n) is 5.70. The third kappa shape index (κ3) is 4.45. The van der Waals surface area contributed by atoms with E-state index in [1.807, 2.05) is 42.5 Å². The second kappa shape index (κ2) is 7.94. The first-order valence-corrected chi connectivity index (χ1v) is 7.98. The van der Waals surface area contributed by atoms with Crippen molar-refractivity contribution >= 4 is 11.7 Å². The molecule has 0 radical (unpaired) electrons. The smallest absolute Gasteiger partial charge is 0.230 e. The lowest BCUT2D eigenvalue weighted by molar-refractivity contribution is -0.115. The zero-order chi connectivity index (χ0) is 18.4. The Morgan fingerprint density at radius 3 is 2.92 bits per heavy atom. The van der Waals surface area contributed by atoms with Crippen molar-refractivity contribution in [2.75, 3.05) is 5.32 Å². The number of aryl methyl sites for hydroxylation is 1. The summed E-state index contributed by atoms with van der Waals surface area (Å²) in [6, 6.07) is 13.1. The second-order valence-corrected chi connectivity index (χ2v) is 5.70. The van der Waals surface area contributed by atoms with E-state index in [9.17, 15) is 4.79 Å². The number of nitriles is 1. The van der Waals surface area contributed by atoms with Gasteiger partial charge in [-0.2, -0.15) is 10.4 Å². The Hall–Kier alpha value is -3.66. The molecule has 1 aromatic carbocycles. The van der Waals surface area contributed by atoms with Crippen LogP contribution in [0.2, 0.25) is 0 Å². The van der Waals surface area contributed by atoms with Gasteiger partial charge in [0.2, 0.25) is 5.91 Å². The number of rotatable bonds is 6. The van der Waals surface area contributed by atoms with Crippen molar-refractivity contribution in [2.24, 2.45) is 7.05 Å². The summed E-state index contributed by atoms with van der Waals surface area (Å²) in [5.41, 5.74) is 2.10. The van der Waals surface area contributed by atoms with E-state index in [0.29, 0.717) is 17.9 Å². The summed E-state index contributed by atoms with van der Waals surface area (Å²) < 4.78 is 7.23. The lowest BCUT2D eigenvalue weighted by atomic mass is 10.1. The van der Waals surface area contributed by atoms with Crippen molar-refractivity contribution in [3.8, 4) is 11.8 Å². The van der Waals surface area contributed by atoms with E-state index < -0.39 is 0 Å². The first-order valence-electron chi connectivity index (χ1n) is 7.98. The van der Waals surface area contributed by atoms with Crippen LogP contribution in [0.15, 0.2) is 55.0 Å². The summed E-state index contributed by atoms with van der Waals surface area (Å²) in [6.45, 7) is 0.406. The number of nitrogens with one attached hydrogen (secondary N) is 1. The normalized spacial score (nSPS) is 10.2. The predicted molar refractivity (Wildman–Crippen MR) is 95.3 cm³/mol. The van der Waals surface area contributed by atoms with Crippen molar-refractivity contribution in [1.29, 1.82) is 5.26 Å². The zero-order valence-electron chi connectivity index (χ0n) is 14.2. The molecule has 3 aromatic rings. The van der Waals surface area contributed by atoms with Crippen LogP contribution in [-0.2, 0) is 24.9 Å². The van der Waals surface area contributed by atoms with Crippen LogP contribution in [-0.4, -0.2) is 20.7 Å². The number of benzene rings is 1. The van der Waals surface area contributed by atoms with Gasteiger partial charge in [0.05, 0.1) is 6.42 Å². The van der Waals surface area contributed by atoms with E-state index in [1.165, 1.54) is 4.68 Å². The molecule has 7 heteroatoms. The summed E-state index contributed by atoms with van der Waals surface area (Å²) in [4.78, 5) is 16.3. The van der Waals surface area contributed by atoms with Crippen LogP contribution in [0.4, 0.5) is 5.82 Å². The van der Waals surface area contributed by atoms with Crippen LogP contribution < -0.4 is 10.1 Å². The summed E-state index contributed by atoms with van der Waals surface area (Å²) in [5.74, 6) is 0.697. The van der Waals surface area contributed by atoms with E-state index in [0.717, 1.165) is 11.1 Å². The van der Waals surface area contributed by atoms with Gasteiger partial charge in [0.15, 0.2) is 5.82 Å². The van der Waals surface area contributed by atoms with Gasteiger partial charge in [0.25, 0.3) is 0 Å². The third-order valence-electron chi connectivity index (χ3n) is 3.60. The Morgan fingerprint density at radius 2 is 2.15 bits per heavy atom. The summed E-state index contributed by atoms with van der Waals surface area (Å²) in [7, 11) is 1.69. The first-order chi connectivity index (χ1) is 12.6. The molecule has 0 saturated heterocycles. The number of pyridine rings is 1. The number of carbonyl (C=O) groups excluding carboxylic acids is 1. The molecule has 26 heavy (non-hydrogen) atoms. The van der Waals surface area contributed by atoms with Gasteiger partial charge in [-0.25, -0.2) is 0 Å². The highest BCUT2D eigenvalue weighted by atomic mass is 16.5. The Morgan fingerprint density at radius 1 is 1.31 bits per heavy atom. The fourth-order valence-corrected chi connectivity index (χ4v) is 2.42. The lowest BCUT2D eigenvalue weighted by Crippen LogP contribution is -2.15. The van der Waals surface area contributed by atoms with Crippen LogP contribution in [0.5, 0.6) is 5.75 Å². The van der Waals surface area contributed by atoms with E-state index in [1.54, 1.807) is 25.6 Å². The summed E-state index contributed by atoms with van der Waals surface area (Å²) >= 11 is 0. The number of hydrogen-bond acceptors (Lipinski definition) is 5. The van der Waals surface area contributed by atoms with Gasteiger partial charge in [-0.1, -0.05) is 18.2 Å². The monoisotopic (exact) mass is 347 g/mol. The Kier molecular flexibility index (Phi) is 5.25. The number of anilines is 1. The molecule has 0 spiro atoms. The van der Waals surface area contributed by atoms with Crippen LogP contribution >= 0.6 is 0 Å². The van der Waals surface area contributed by atoms with Crippen molar-refractivity contribution in [2.45, 2.75) is 13.0 Å². The Balaban J connectivity index is 1.61. The van der Waals surface area contributed by atoms with Gasteiger partial charge in [-0.3, -0.25) is 14.5 Å². The SMILES string of the molecule is Cn1cc(C#N)c(NC(=O)Cc2cccc(OCc3cccnc3)c2)n1. The minimum Gasteiger partial charge on any atom is -0.489 e. The third-order valence-corrected chi connectivity index (χ3v) is 3.60. The average molecular weight is 347 g/mol. The van der Waals surface area contributed by atoms with Gasteiger partial charge in [-0.05, 0) is 23.8 Å². The fourth-order valence-electron chi connectivity index (χ4n) is 2.42. The van der Waals surface area contributed by atoms with Crippen LogP contribution in [0.25, 0.3) is 0 Å². The van der Waals surface area contributed by atoms with Crippen LogP contribution in [0.1, 0.15) is 16.7 Å². The number of carbonyl (C=O) groups is 1. The van der Waals surface area contributed by atoms with E-state index in [4.69, 9.17) is 10.00 Å². The van der Waals surface area contributed by atoms with Crippen molar-refractivity contribution in [3.05, 3.63) is 71.7 Å². The van der Waals surface area contributed by atoms with Crippen molar-refractivity contribution < 1.29 is 9.53 Å². The summed E-state index contributed by atoms with van der Waals surface area (Å²) in [6.07, 6.45) is 5.17. The molecule has 7 nitrogen and oxygen atoms in total. The molecule has 0 saturated carbocycles. The Labute approximate surface area is 150 Å². The molecule has 3 rings (SSSR count). The van der Waals surface area contributed by atoms with Gasteiger partial charge in [0.1, 0.15) is 24.0 Å². The molecule has 130 valence electrons. The molecular weight excluding hydrogens is 330 g/mol. The topological polar surface area (TPSA) is 92.8 Å². The molecule has 1 amide bonds. The number of hydrogen-bond donors (Lipinski definition) is 1. The van der Waals surface area contributed by atoms with Crippen LogP contribution in [0, 0.1) is 11.3 Å². The van der Waals surface area contributed by atoms with Gasteiger partial charge >= 0.3 is 0 Å². The highest BCUT2D eigenvalue weighted by molar-refractivity contribution is 5.92. The number of ether oxygens (including phenoxy) is 1. The quantitative estimate of drug-likeness (QED) is 0.739. The standard InChI is InChI=1S/C19H17N5O2/c1-24-12-16(10-20)19(23-24)22-18(25)9-14-4-2-6-17(8-14)26-13-15-5-3-7-21-11-15/h2-8,11-12H,9,13H2,1H3,(H,22,23,25). The molecule has 0 aliphatic carbocycles. The maximum absolute atomic E-state index is 12.2.